The van der Waals surface area contributed by atoms with Gasteiger partial charge in [-0.2, -0.15) is 0 Å². The van der Waals surface area contributed by atoms with Gasteiger partial charge in [-0.1, -0.05) is 12.1 Å². The number of carbonyl (C=O) groups is 2. The summed E-state index contributed by atoms with van der Waals surface area (Å²) >= 11 is 0. The Morgan fingerprint density at radius 1 is 1.47 bits per heavy atom. The van der Waals surface area contributed by atoms with Crippen molar-refractivity contribution in [2.75, 3.05) is 17.6 Å². The van der Waals surface area contributed by atoms with Crippen molar-refractivity contribution in [3.05, 3.63) is 29.8 Å². The van der Waals surface area contributed by atoms with Crippen LogP contribution in [0.5, 0.6) is 0 Å². The van der Waals surface area contributed by atoms with Crippen LogP contribution in [0.15, 0.2) is 24.3 Å². The third-order valence-corrected chi connectivity index (χ3v) is 2.99. The smallest absolute Gasteiger partial charge is 0.322 e. The van der Waals surface area contributed by atoms with Crippen LogP contribution < -0.4 is 4.72 Å². The lowest BCUT2D eigenvalue weighted by Gasteiger charge is -2.07. The monoisotopic (exact) mass is 257 g/mol. The zero-order chi connectivity index (χ0) is 12.9. The van der Waals surface area contributed by atoms with Gasteiger partial charge >= 0.3 is 5.97 Å². The van der Waals surface area contributed by atoms with E-state index >= 15 is 0 Å². The molecule has 1 N–H and O–H groups in total. The quantitative estimate of drug-likeness (QED) is 0.609. The predicted octanol–water partition coefficient (Wildman–Crippen LogP) is 0.414. The maximum Gasteiger partial charge on any atom is 0.322 e. The van der Waals surface area contributed by atoms with Crippen molar-refractivity contribution in [1.29, 1.82) is 0 Å². The molecule has 0 radical (unpaired) electrons. The van der Waals surface area contributed by atoms with E-state index in [4.69, 9.17) is 0 Å². The lowest BCUT2D eigenvalue weighted by Crippen LogP contribution is -2.23. The number of aldehydes is 1. The van der Waals surface area contributed by atoms with Crippen molar-refractivity contribution in [3.63, 3.8) is 0 Å². The van der Waals surface area contributed by atoms with Crippen LogP contribution in [0.2, 0.25) is 0 Å². The van der Waals surface area contributed by atoms with E-state index in [2.05, 4.69) is 9.46 Å². The van der Waals surface area contributed by atoms with Gasteiger partial charge in [-0.05, 0) is 12.1 Å². The number of methoxy groups -OCH3 is 1. The number of rotatable bonds is 5. The number of nitrogens with one attached hydrogen (secondary N) is 1. The van der Waals surface area contributed by atoms with Crippen LogP contribution in [0.1, 0.15) is 10.4 Å². The highest BCUT2D eigenvalue weighted by Gasteiger charge is 2.16. The molecule has 0 amide bonds. The minimum absolute atomic E-state index is 0.221. The zero-order valence-electron chi connectivity index (χ0n) is 9.04. The summed E-state index contributed by atoms with van der Waals surface area (Å²) in [6.07, 6.45) is 0.595. The van der Waals surface area contributed by atoms with Gasteiger partial charge in [-0.25, -0.2) is 8.42 Å². The van der Waals surface area contributed by atoms with Gasteiger partial charge in [0.15, 0.2) is 5.75 Å². The van der Waals surface area contributed by atoms with E-state index in [1.807, 2.05) is 0 Å². The molecule has 0 fully saturated rings. The molecule has 0 aliphatic carbocycles. The van der Waals surface area contributed by atoms with E-state index in [0.717, 1.165) is 7.11 Å². The summed E-state index contributed by atoms with van der Waals surface area (Å²) in [4.78, 5) is 21.3. The average Bonchev–Trinajstić information content (AvgIpc) is 2.27. The molecule has 17 heavy (non-hydrogen) atoms. The van der Waals surface area contributed by atoms with Gasteiger partial charge in [0.25, 0.3) is 0 Å². The number of benzene rings is 1. The second-order valence-corrected chi connectivity index (χ2v) is 4.90. The Balaban J connectivity index is 2.82. The standard InChI is InChI=1S/C10H11NO5S/c1-16-10(13)7-17(14,15)11-9-4-2-3-8(5-9)6-12/h2-6,11H,7H2,1H3. The number of esters is 1. The van der Waals surface area contributed by atoms with Crippen molar-refractivity contribution in [2.24, 2.45) is 0 Å². The fourth-order valence-electron chi connectivity index (χ4n) is 1.11. The first-order valence-corrected chi connectivity index (χ1v) is 6.24. The van der Waals surface area contributed by atoms with Gasteiger partial charge in [0.1, 0.15) is 6.29 Å². The normalized spacial score (nSPS) is 10.6. The molecule has 0 heterocycles. The Kier molecular flexibility index (Phi) is 4.22. The lowest BCUT2D eigenvalue weighted by molar-refractivity contribution is -0.137. The summed E-state index contributed by atoms with van der Waals surface area (Å²) in [5, 5.41) is 0. The maximum atomic E-state index is 11.5. The number of ether oxygens (including phenoxy) is 1. The molecule has 0 aliphatic rings. The van der Waals surface area contributed by atoms with Crippen LogP contribution in [0.4, 0.5) is 5.69 Å². The molecule has 0 spiro atoms. The first-order valence-electron chi connectivity index (χ1n) is 4.59. The number of anilines is 1. The summed E-state index contributed by atoms with van der Waals surface area (Å²) in [5.74, 6) is -1.63. The molecular formula is C10H11NO5S. The summed E-state index contributed by atoms with van der Waals surface area (Å²) in [7, 11) is -2.71. The molecule has 0 bridgehead atoms. The second-order valence-electron chi connectivity index (χ2n) is 3.18. The second kappa shape index (κ2) is 5.44. The Bertz CT molecular complexity index is 523. The van der Waals surface area contributed by atoms with Gasteiger partial charge in [-0.3, -0.25) is 14.3 Å². The molecule has 1 aromatic rings. The molecule has 6 nitrogen and oxygen atoms in total. The van der Waals surface area contributed by atoms with E-state index < -0.39 is 21.7 Å². The molecular weight excluding hydrogens is 246 g/mol. The summed E-state index contributed by atoms with van der Waals surface area (Å²) in [6.45, 7) is 0. The topological polar surface area (TPSA) is 89.5 Å². The fourth-order valence-corrected chi connectivity index (χ4v) is 2.09. The molecule has 0 aromatic heterocycles. The van der Waals surface area contributed by atoms with Crippen molar-refractivity contribution in [1.82, 2.24) is 0 Å². The molecule has 7 heteroatoms. The Morgan fingerprint density at radius 3 is 2.76 bits per heavy atom. The van der Waals surface area contributed by atoms with Crippen LogP contribution >= 0.6 is 0 Å². The van der Waals surface area contributed by atoms with Crippen molar-refractivity contribution in [2.45, 2.75) is 0 Å². The third-order valence-electron chi connectivity index (χ3n) is 1.83. The van der Waals surface area contributed by atoms with Crippen LogP contribution in [0.25, 0.3) is 0 Å². The first-order chi connectivity index (χ1) is 7.96. The van der Waals surface area contributed by atoms with Crippen LogP contribution in [-0.2, 0) is 19.6 Å². The lowest BCUT2D eigenvalue weighted by atomic mass is 10.2. The molecule has 1 aromatic carbocycles. The SMILES string of the molecule is COC(=O)CS(=O)(=O)Nc1cccc(C=O)c1. The van der Waals surface area contributed by atoms with E-state index in [0.29, 0.717) is 11.8 Å². The summed E-state index contributed by atoms with van der Waals surface area (Å²) in [6, 6.07) is 5.90. The van der Waals surface area contributed by atoms with Gasteiger partial charge in [0.05, 0.1) is 7.11 Å². The van der Waals surface area contributed by atoms with Crippen LogP contribution in [0, 0.1) is 0 Å². The van der Waals surface area contributed by atoms with Crippen molar-refractivity contribution < 1.29 is 22.7 Å². The van der Waals surface area contributed by atoms with Crippen molar-refractivity contribution >= 4 is 28.0 Å². The molecule has 0 saturated heterocycles. The van der Waals surface area contributed by atoms with E-state index in [1.54, 1.807) is 0 Å². The average molecular weight is 257 g/mol. The Hall–Kier alpha value is -1.89. The molecule has 92 valence electrons. The highest BCUT2D eigenvalue weighted by atomic mass is 32.2. The molecule has 0 unspecified atom stereocenters. The Labute approximate surface area is 98.6 Å². The largest absolute Gasteiger partial charge is 0.468 e. The number of sulfonamides is 1. The van der Waals surface area contributed by atoms with Gasteiger partial charge in [-0.15, -0.1) is 0 Å². The zero-order valence-corrected chi connectivity index (χ0v) is 9.86. The highest BCUT2D eigenvalue weighted by Crippen LogP contribution is 2.11. The van der Waals surface area contributed by atoms with Gasteiger partial charge < -0.3 is 4.74 Å². The first kappa shape index (κ1) is 13.2. The minimum atomic E-state index is -3.81. The Morgan fingerprint density at radius 2 is 2.18 bits per heavy atom. The van der Waals surface area contributed by atoms with Gasteiger partial charge in [0.2, 0.25) is 10.0 Å². The van der Waals surface area contributed by atoms with E-state index in [1.165, 1.54) is 24.3 Å². The van der Waals surface area contributed by atoms with E-state index in [-0.39, 0.29) is 5.69 Å². The highest BCUT2D eigenvalue weighted by molar-refractivity contribution is 7.93. The van der Waals surface area contributed by atoms with Crippen LogP contribution in [0.3, 0.4) is 0 Å². The molecule has 0 atom stereocenters. The predicted molar refractivity (Wildman–Crippen MR) is 61.3 cm³/mol. The molecule has 1 rings (SSSR count). The number of hydrogen-bond acceptors (Lipinski definition) is 5. The summed E-state index contributed by atoms with van der Waals surface area (Å²) in [5.41, 5.74) is 0.557. The molecule has 0 aliphatic heterocycles. The number of carbonyl (C=O) groups excluding carboxylic acids is 2. The minimum Gasteiger partial charge on any atom is -0.468 e. The van der Waals surface area contributed by atoms with Crippen LogP contribution in [-0.4, -0.2) is 33.5 Å². The number of hydrogen-bond donors (Lipinski definition) is 1. The van der Waals surface area contributed by atoms with E-state index in [9.17, 15) is 18.0 Å². The molecule has 0 saturated carbocycles. The third kappa shape index (κ3) is 4.23. The van der Waals surface area contributed by atoms with Crippen molar-refractivity contribution in [3.8, 4) is 0 Å². The summed E-state index contributed by atoms with van der Waals surface area (Å²) < 4.78 is 29.4. The van der Waals surface area contributed by atoms with Gasteiger partial charge in [0, 0.05) is 11.3 Å². The fraction of sp³-hybridized carbons (Fsp3) is 0.200. The maximum absolute atomic E-state index is 11.5.